The minimum atomic E-state index is -0.180. The first-order chi connectivity index (χ1) is 11.2. The lowest BCUT2D eigenvalue weighted by Gasteiger charge is -2.22. The smallest absolute Gasteiger partial charge is 0.257 e. The van der Waals surface area contributed by atoms with Crippen LogP contribution in [0.4, 0.5) is 5.69 Å². The van der Waals surface area contributed by atoms with Crippen molar-refractivity contribution in [2.24, 2.45) is 5.92 Å². The van der Waals surface area contributed by atoms with E-state index in [0.717, 1.165) is 38.0 Å². The van der Waals surface area contributed by atoms with E-state index in [1.807, 2.05) is 0 Å². The number of likely N-dealkylation sites (N-methyl/N-ethyl adjacent to an activating group) is 1. The van der Waals surface area contributed by atoms with Crippen LogP contribution in [0, 0.1) is 5.92 Å². The summed E-state index contributed by atoms with van der Waals surface area (Å²) in [5.74, 6) is 1.12. The third-order valence-corrected chi connectivity index (χ3v) is 4.03. The Balaban J connectivity index is 0.00000288. The van der Waals surface area contributed by atoms with E-state index in [4.69, 9.17) is 4.74 Å². The Morgan fingerprint density at radius 1 is 1.17 bits per heavy atom. The van der Waals surface area contributed by atoms with E-state index in [1.54, 1.807) is 31.3 Å². The van der Waals surface area contributed by atoms with E-state index in [9.17, 15) is 9.59 Å². The molecule has 1 aliphatic rings. The van der Waals surface area contributed by atoms with Gasteiger partial charge in [0.2, 0.25) is 5.91 Å². The summed E-state index contributed by atoms with van der Waals surface area (Å²) in [7, 11) is 1.56. The van der Waals surface area contributed by atoms with E-state index < -0.39 is 0 Å². The van der Waals surface area contributed by atoms with Gasteiger partial charge < -0.3 is 20.7 Å². The number of hydrogen-bond acceptors (Lipinski definition) is 4. The highest BCUT2D eigenvalue weighted by molar-refractivity contribution is 5.90. The molecule has 24 heavy (non-hydrogen) atoms. The molecular formula is C17H26ClN3O3. The lowest BCUT2D eigenvalue weighted by atomic mass is 9.93. The SMILES string of the molecule is CNC(=O)COc1ccc(NC(=O)CCC2CCNCC2)cc1.Cl. The Bertz CT molecular complexity index is 516. The average Bonchev–Trinajstić information content (AvgIpc) is 2.60. The van der Waals surface area contributed by atoms with Crippen LogP contribution >= 0.6 is 12.4 Å². The van der Waals surface area contributed by atoms with Crippen molar-refractivity contribution in [2.75, 3.05) is 32.1 Å². The first kappa shape index (κ1) is 20.3. The van der Waals surface area contributed by atoms with Gasteiger partial charge in [0.15, 0.2) is 6.61 Å². The predicted octanol–water partition coefficient (Wildman–Crippen LogP) is 1.95. The topological polar surface area (TPSA) is 79.5 Å². The van der Waals surface area contributed by atoms with Crippen LogP contribution in [0.15, 0.2) is 24.3 Å². The number of halogens is 1. The molecule has 6 nitrogen and oxygen atoms in total. The van der Waals surface area contributed by atoms with Gasteiger partial charge in [-0.3, -0.25) is 9.59 Å². The second-order valence-electron chi connectivity index (χ2n) is 5.77. The minimum absolute atomic E-state index is 0. The molecule has 0 bridgehead atoms. The fraction of sp³-hybridized carbons (Fsp3) is 0.529. The number of nitrogens with one attached hydrogen (secondary N) is 3. The predicted molar refractivity (Wildman–Crippen MR) is 96.7 cm³/mol. The fourth-order valence-corrected chi connectivity index (χ4v) is 2.58. The zero-order valence-corrected chi connectivity index (χ0v) is 14.8. The molecular weight excluding hydrogens is 330 g/mol. The molecule has 0 atom stereocenters. The lowest BCUT2D eigenvalue weighted by molar-refractivity contribution is -0.122. The molecule has 0 saturated carbocycles. The summed E-state index contributed by atoms with van der Waals surface area (Å²) in [5, 5.41) is 8.72. The van der Waals surface area contributed by atoms with Gasteiger partial charge in [0.05, 0.1) is 0 Å². The van der Waals surface area contributed by atoms with Gasteiger partial charge in [0.1, 0.15) is 5.75 Å². The van der Waals surface area contributed by atoms with Gasteiger partial charge in [-0.2, -0.15) is 0 Å². The number of rotatable bonds is 7. The van der Waals surface area contributed by atoms with Gasteiger partial charge in [0.25, 0.3) is 5.91 Å². The van der Waals surface area contributed by atoms with Crippen LogP contribution in [-0.4, -0.2) is 38.6 Å². The monoisotopic (exact) mass is 355 g/mol. The third-order valence-electron chi connectivity index (χ3n) is 4.03. The van der Waals surface area contributed by atoms with Crippen LogP contribution in [0.2, 0.25) is 0 Å². The number of carbonyl (C=O) groups excluding carboxylic acids is 2. The van der Waals surface area contributed by atoms with E-state index >= 15 is 0 Å². The number of hydrogen-bond donors (Lipinski definition) is 3. The summed E-state index contributed by atoms with van der Waals surface area (Å²) < 4.78 is 5.31. The summed E-state index contributed by atoms with van der Waals surface area (Å²) in [6.45, 7) is 2.10. The van der Waals surface area contributed by atoms with Crippen LogP contribution in [0.3, 0.4) is 0 Å². The molecule has 2 amide bonds. The summed E-state index contributed by atoms with van der Waals surface area (Å²) in [5.41, 5.74) is 0.743. The first-order valence-electron chi connectivity index (χ1n) is 8.11. The largest absolute Gasteiger partial charge is 0.484 e. The van der Waals surface area contributed by atoms with Gasteiger partial charge in [-0.05, 0) is 62.5 Å². The third kappa shape index (κ3) is 7.19. The molecule has 0 radical (unpaired) electrons. The van der Waals surface area contributed by atoms with Crippen LogP contribution in [-0.2, 0) is 9.59 Å². The zero-order valence-electron chi connectivity index (χ0n) is 14.0. The van der Waals surface area contributed by atoms with Crippen molar-refractivity contribution in [3.05, 3.63) is 24.3 Å². The van der Waals surface area contributed by atoms with Crippen LogP contribution < -0.4 is 20.7 Å². The van der Waals surface area contributed by atoms with E-state index in [1.165, 1.54) is 0 Å². The Kier molecular flexibility index (Phi) is 9.19. The lowest BCUT2D eigenvalue weighted by Crippen LogP contribution is -2.28. The maximum absolute atomic E-state index is 12.0. The second kappa shape index (κ2) is 10.9. The molecule has 7 heteroatoms. The second-order valence-corrected chi connectivity index (χ2v) is 5.77. The summed E-state index contributed by atoms with van der Waals surface area (Å²) in [6.07, 6.45) is 3.82. The van der Waals surface area contributed by atoms with Crippen LogP contribution in [0.1, 0.15) is 25.7 Å². The number of piperidine rings is 1. The molecule has 1 aromatic rings. The van der Waals surface area contributed by atoms with Gasteiger partial charge in [0, 0.05) is 19.2 Å². The molecule has 0 unspecified atom stereocenters. The average molecular weight is 356 g/mol. The number of carbonyl (C=O) groups is 2. The van der Waals surface area contributed by atoms with Crippen molar-refractivity contribution in [2.45, 2.75) is 25.7 Å². The molecule has 0 aliphatic carbocycles. The van der Waals surface area contributed by atoms with Crippen molar-refractivity contribution >= 4 is 29.9 Å². The zero-order chi connectivity index (χ0) is 16.5. The molecule has 1 aliphatic heterocycles. The highest BCUT2D eigenvalue weighted by Crippen LogP contribution is 2.19. The fourth-order valence-electron chi connectivity index (χ4n) is 2.58. The van der Waals surface area contributed by atoms with Gasteiger partial charge in [-0.25, -0.2) is 0 Å². The highest BCUT2D eigenvalue weighted by Gasteiger charge is 2.14. The van der Waals surface area contributed by atoms with E-state index in [2.05, 4.69) is 16.0 Å². The number of benzene rings is 1. The van der Waals surface area contributed by atoms with E-state index in [-0.39, 0.29) is 30.8 Å². The van der Waals surface area contributed by atoms with Crippen molar-refractivity contribution < 1.29 is 14.3 Å². The Morgan fingerprint density at radius 2 is 1.83 bits per heavy atom. The first-order valence-corrected chi connectivity index (χ1v) is 8.11. The highest BCUT2D eigenvalue weighted by atomic mass is 35.5. The number of ether oxygens (including phenoxy) is 1. The van der Waals surface area contributed by atoms with E-state index in [0.29, 0.717) is 18.1 Å². The van der Waals surface area contributed by atoms with Crippen molar-refractivity contribution in [1.29, 1.82) is 0 Å². The molecule has 3 N–H and O–H groups in total. The summed E-state index contributed by atoms with van der Waals surface area (Å²) in [6, 6.07) is 7.04. The summed E-state index contributed by atoms with van der Waals surface area (Å²) in [4.78, 5) is 23.1. The van der Waals surface area contributed by atoms with Crippen molar-refractivity contribution in [3.8, 4) is 5.75 Å². The van der Waals surface area contributed by atoms with Crippen molar-refractivity contribution in [1.82, 2.24) is 10.6 Å². The maximum atomic E-state index is 12.0. The molecule has 0 spiro atoms. The molecule has 1 saturated heterocycles. The Hall–Kier alpha value is -1.79. The standard InChI is InChI=1S/C17H25N3O3.ClH/c1-18-17(22)12-23-15-5-3-14(4-6-15)20-16(21)7-2-13-8-10-19-11-9-13;/h3-6,13,19H,2,7-12H2,1H3,(H,18,22)(H,20,21);1H. The number of amides is 2. The molecule has 1 heterocycles. The van der Waals surface area contributed by atoms with Gasteiger partial charge in [-0.15, -0.1) is 12.4 Å². The van der Waals surface area contributed by atoms with Gasteiger partial charge in [-0.1, -0.05) is 0 Å². The van der Waals surface area contributed by atoms with Crippen molar-refractivity contribution in [3.63, 3.8) is 0 Å². The Morgan fingerprint density at radius 3 is 2.46 bits per heavy atom. The minimum Gasteiger partial charge on any atom is -0.484 e. The normalized spacial score (nSPS) is 14.4. The maximum Gasteiger partial charge on any atom is 0.257 e. The molecule has 1 fully saturated rings. The molecule has 134 valence electrons. The molecule has 1 aromatic carbocycles. The van der Waals surface area contributed by atoms with Gasteiger partial charge >= 0.3 is 0 Å². The molecule has 2 rings (SSSR count). The van der Waals surface area contributed by atoms with Crippen LogP contribution in [0.5, 0.6) is 5.75 Å². The number of anilines is 1. The quantitative estimate of drug-likeness (QED) is 0.698. The Labute approximate surface area is 149 Å². The summed E-state index contributed by atoms with van der Waals surface area (Å²) >= 11 is 0. The molecule has 0 aromatic heterocycles. The van der Waals surface area contributed by atoms with Crippen LogP contribution in [0.25, 0.3) is 0 Å².